The number of nitrogens with zero attached hydrogens (tertiary/aromatic N) is 5. The molecule has 1 aromatic carbocycles. The smallest absolute Gasteiger partial charge is 0.365 e. The molecule has 0 N–H and O–H groups in total. The number of halogens is 3. The molecule has 3 heterocycles. The molecule has 3 aromatic rings. The van der Waals surface area contributed by atoms with Crippen LogP contribution in [0.2, 0.25) is 0 Å². The van der Waals surface area contributed by atoms with Gasteiger partial charge < -0.3 is 14.2 Å². The zero-order valence-electron chi connectivity index (χ0n) is 17.8. The van der Waals surface area contributed by atoms with Crippen molar-refractivity contribution in [1.82, 2.24) is 24.8 Å². The van der Waals surface area contributed by atoms with Crippen LogP contribution in [-0.4, -0.2) is 50.4 Å². The van der Waals surface area contributed by atoms with Crippen molar-refractivity contribution >= 4 is 5.91 Å². The lowest BCUT2D eigenvalue weighted by Gasteiger charge is -2.31. The van der Waals surface area contributed by atoms with E-state index in [-0.39, 0.29) is 36.3 Å². The summed E-state index contributed by atoms with van der Waals surface area (Å²) in [4.78, 5) is 19.0. The minimum atomic E-state index is -4.47. The molecule has 8 nitrogen and oxygen atoms in total. The van der Waals surface area contributed by atoms with E-state index in [1.165, 1.54) is 12.1 Å². The van der Waals surface area contributed by atoms with Crippen LogP contribution in [0.15, 0.2) is 28.8 Å². The van der Waals surface area contributed by atoms with Crippen molar-refractivity contribution in [2.24, 2.45) is 7.05 Å². The van der Waals surface area contributed by atoms with E-state index in [2.05, 4.69) is 15.2 Å². The molecule has 0 radical (unpaired) electrons. The highest BCUT2D eigenvalue weighted by Gasteiger charge is 2.33. The molecule has 1 amide bonds. The van der Waals surface area contributed by atoms with Gasteiger partial charge in [0.2, 0.25) is 5.82 Å². The van der Waals surface area contributed by atoms with E-state index in [0.29, 0.717) is 12.2 Å². The van der Waals surface area contributed by atoms with Gasteiger partial charge in [-0.2, -0.15) is 23.3 Å². The van der Waals surface area contributed by atoms with Crippen LogP contribution in [0, 0.1) is 6.92 Å². The van der Waals surface area contributed by atoms with E-state index >= 15 is 0 Å². The summed E-state index contributed by atoms with van der Waals surface area (Å²) in [5, 5.41) is 8.20. The highest BCUT2D eigenvalue weighted by Crippen LogP contribution is 2.32. The van der Waals surface area contributed by atoms with Crippen LogP contribution in [0.1, 0.15) is 46.2 Å². The first kappa shape index (κ1) is 22.0. The fourth-order valence-electron chi connectivity index (χ4n) is 3.77. The number of ether oxygens (including phenoxy) is 1. The number of carbonyl (C=O) groups excluding carboxylic acids is 1. The molecule has 2 aromatic heterocycles. The van der Waals surface area contributed by atoms with Crippen LogP contribution >= 0.6 is 0 Å². The molecule has 0 saturated carbocycles. The second kappa shape index (κ2) is 8.38. The fraction of sp³-hybridized carbons (Fsp3) is 0.429. The van der Waals surface area contributed by atoms with E-state index in [9.17, 15) is 18.0 Å². The molecule has 170 valence electrons. The predicted molar refractivity (Wildman–Crippen MR) is 107 cm³/mol. The number of alkyl halides is 3. The van der Waals surface area contributed by atoms with Crippen LogP contribution in [0.3, 0.4) is 0 Å². The number of morpholine rings is 1. The SMILES string of the molecule is CCc1nn(C)c(C(=O)N2CCO[C@H](c3nc(-c4cccc(C(F)(F)F)c4)no3)C2)c1C. The van der Waals surface area contributed by atoms with Gasteiger partial charge in [0.15, 0.2) is 6.10 Å². The number of amides is 1. The Morgan fingerprint density at radius 2 is 2.09 bits per heavy atom. The first-order chi connectivity index (χ1) is 15.2. The van der Waals surface area contributed by atoms with Gasteiger partial charge in [0, 0.05) is 24.7 Å². The number of aromatic nitrogens is 4. The van der Waals surface area contributed by atoms with Crippen molar-refractivity contribution in [2.45, 2.75) is 32.5 Å². The summed E-state index contributed by atoms with van der Waals surface area (Å²) in [6, 6.07) is 4.69. The predicted octanol–water partition coefficient (Wildman–Crippen LogP) is 3.57. The minimum absolute atomic E-state index is 0.0215. The number of carbonyl (C=O) groups is 1. The largest absolute Gasteiger partial charge is 0.416 e. The Morgan fingerprint density at radius 3 is 2.78 bits per heavy atom. The average Bonchev–Trinajstić information content (AvgIpc) is 3.37. The van der Waals surface area contributed by atoms with Crippen LogP contribution in [0.25, 0.3) is 11.4 Å². The molecular weight excluding hydrogens is 427 g/mol. The highest BCUT2D eigenvalue weighted by molar-refractivity contribution is 5.94. The molecule has 1 atom stereocenters. The summed E-state index contributed by atoms with van der Waals surface area (Å²) < 4.78 is 51.5. The molecular formula is C21H22F3N5O3. The normalized spacial score (nSPS) is 17.1. The molecule has 1 fully saturated rings. The topological polar surface area (TPSA) is 86.3 Å². The van der Waals surface area contributed by atoms with Crippen molar-refractivity contribution in [1.29, 1.82) is 0 Å². The number of hydrogen-bond donors (Lipinski definition) is 0. The van der Waals surface area contributed by atoms with E-state index in [4.69, 9.17) is 9.26 Å². The first-order valence-corrected chi connectivity index (χ1v) is 10.1. The van der Waals surface area contributed by atoms with Crippen LogP contribution in [0.4, 0.5) is 13.2 Å². The number of rotatable bonds is 4. The summed E-state index contributed by atoms with van der Waals surface area (Å²) in [7, 11) is 1.73. The van der Waals surface area contributed by atoms with Gasteiger partial charge in [0.25, 0.3) is 11.8 Å². The zero-order chi connectivity index (χ0) is 23.0. The maximum atomic E-state index is 13.1. The van der Waals surface area contributed by atoms with Crippen LogP contribution < -0.4 is 0 Å². The van der Waals surface area contributed by atoms with Gasteiger partial charge in [0.05, 0.1) is 24.4 Å². The molecule has 0 unspecified atom stereocenters. The van der Waals surface area contributed by atoms with E-state index < -0.39 is 17.8 Å². The zero-order valence-corrected chi connectivity index (χ0v) is 17.8. The molecule has 0 bridgehead atoms. The van der Waals surface area contributed by atoms with Crippen LogP contribution in [0.5, 0.6) is 0 Å². The lowest BCUT2D eigenvalue weighted by atomic mass is 10.1. The maximum Gasteiger partial charge on any atom is 0.416 e. The van der Waals surface area contributed by atoms with Crippen LogP contribution in [-0.2, 0) is 24.4 Å². The van der Waals surface area contributed by atoms with Crippen molar-refractivity contribution in [2.75, 3.05) is 19.7 Å². The standard InChI is InChI=1S/C21H22F3N5O3/c1-4-15-12(2)17(28(3)26-15)20(30)29-8-9-31-16(11-29)19-25-18(27-32-19)13-6-5-7-14(10-13)21(22,23)24/h5-7,10,16H,4,8-9,11H2,1-3H3/t16-/m0/s1. The van der Waals surface area contributed by atoms with Gasteiger partial charge in [-0.25, -0.2) is 0 Å². The molecule has 1 aliphatic rings. The summed E-state index contributed by atoms with van der Waals surface area (Å²) >= 11 is 0. The third-order valence-corrected chi connectivity index (χ3v) is 5.44. The van der Waals surface area contributed by atoms with Crippen molar-refractivity contribution in [3.8, 4) is 11.4 Å². The summed E-state index contributed by atoms with van der Waals surface area (Å²) in [6.07, 6.45) is -4.44. The molecule has 11 heteroatoms. The van der Waals surface area contributed by atoms with Gasteiger partial charge in [0.1, 0.15) is 5.69 Å². The van der Waals surface area contributed by atoms with E-state index in [0.717, 1.165) is 29.8 Å². The number of hydrogen-bond acceptors (Lipinski definition) is 6. The van der Waals surface area contributed by atoms with Gasteiger partial charge >= 0.3 is 6.18 Å². The first-order valence-electron chi connectivity index (χ1n) is 10.1. The van der Waals surface area contributed by atoms with Crippen molar-refractivity contribution in [3.05, 3.63) is 52.7 Å². The van der Waals surface area contributed by atoms with Gasteiger partial charge in [-0.15, -0.1) is 0 Å². The highest BCUT2D eigenvalue weighted by atomic mass is 19.4. The molecule has 0 spiro atoms. The Kier molecular flexibility index (Phi) is 5.76. The lowest BCUT2D eigenvalue weighted by molar-refractivity contribution is -0.137. The average molecular weight is 449 g/mol. The molecule has 4 rings (SSSR count). The second-order valence-corrected chi connectivity index (χ2v) is 7.54. The Hall–Kier alpha value is -3.21. The monoisotopic (exact) mass is 449 g/mol. The quantitative estimate of drug-likeness (QED) is 0.605. The maximum absolute atomic E-state index is 13.1. The third kappa shape index (κ3) is 4.12. The van der Waals surface area contributed by atoms with Crippen molar-refractivity contribution < 1.29 is 27.2 Å². The number of benzene rings is 1. The van der Waals surface area contributed by atoms with Crippen molar-refractivity contribution in [3.63, 3.8) is 0 Å². The number of aryl methyl sites for hydroxylation is 2. The van der Waals surface area contributed by atoms with Gasteiger partial charge in [-0.1, -0.05) is 24.2 Å². The third-order valence-electron chi connectivity index (χ3n) is 5.44. The molecule has 1 aliphatic heterocycles. The summed E-state index contributed by atoms with van der Waals surface area (Å²) in [5.74, 6) is -0.0535. The summed E-state index contributed by atoms with van der Waals surface area (Å²) in [5.41, 5.74) is 1.59. The Bertz CT molecular complexity index is 1140. The molecule has 0 aliphatic carbocycles. The summed E-state index contributed by atoms with van der Waals surface area (Å²) in [6.45, 7) is 4.67. The Labute approximate surface area is 182 Å². The van der Waals surface area contributed by atoms with Gasteiger partial charge in [-0.05, 0) is 25.5 Å². The minimum Gasteiger partial charge on any atom is -0.365 e. The Morgan fingerprint density at radius 1 is 1.31 bits per heavy atom. The van der Waals surface area contributed by atoms with E-state index in [1.807, 2.05) is 13.8 Å². The Balaban J connectivity index is 1.53. The molecule has 1 saturated heterocycles. The van der Waals surface area contributed by atoms with Gasteiger partial charge in [-0.3, -0.25) is 9.48 Å². The molecule has 32 heavy (non-hydrogen) atoms. The second-order valence-electron chi connectivity index (χ2n) is 7.54. The fourth-order valence-corrected chi connectivity index (χ4v) is 3.77. The lowest BCUT2D eigenvalue weighted by Crippen LogP contribution is -2.43. The van der Waals surface area contributed by atoms with E-state index in [1.54, 1.807) is 16.6 Å².